The minimum Gasteiger partial charge on any atom is -0.465 e. The molecule has 36 heavy (non-hydrogen) atoms. The zero-order valence-electron chi connectivity index (χ0n) is 19.5. The highest BCUT2D eigenvalue weighted by Crippen LogP contribution is 2.33. The van der Waals surface area contributed by atoms with Crippen molar-refractivity contribution >= 4 is 45.1 Å². The molecular weight excluding hydrogens is 490 g/mol. The van der Waals surface area contributed by atoms with Gasteiger partial charge in [-0.05, 0) is 49.9 Å². The summed E-state index contributed by atoms with van der Waals surface area (Å²) < 4.78 is 26.9. The highest BCUT2D eigenvalue weighted by molar-refractivity contribution is 7.21. The monoisotopic (exact) mass is 516 g/mol. The van der Waals surface area contributed by atoms with Crippen LogP contribution in [0.1, 0.15) is 33.0 Å². The molecule has 5 N–H and O–H groups in total. The van der Waals surface area contributed by atoms with Crippen LogP contribution in [0.25, 0.3) is 10.2 Å². The van der Waals surface area contributed by atoms with Crippen molar-refractivity contribution in [3.8, 4) is 0 Å². The normalized spacial score (nSPS) is 21.6. The molecule has 0 bridgehead atoms. The van der Waals surface area contributed by atoms with Gasteiger partial charge in [0.15, 0.2) is 0 Å². The minimum atomic E-state index is -2.64. The number of aryl methyl sites for hydroxylation is 2. The van der Waals surface area contributed by atoms with Crippen molar-refractivity contribution in [1.29, 1.82) is 0 Å². The van der Waals surface area contributed by atoms with Gasteiger partial charge in [-0.3, -0.25) is 4.79 Å². The summed E-state index contributed by atoms with van der Waals surface area (Å²) in [6, 6.07) is 6.48. The maximum atomic E-state index is 13.5. The smallest absolute Gasteiger partial charge is 0.404 e. The summed E-state index contributed by atoms with van der Waals surface area (Å²) in [7, 11) is 0. The third kappa shape index (κ3) is 4.64. The first-order valence-corrected chi connectivity index (χ1v) is 12.5. The number of amides is 2. The summed E-state index contributed by atoms with van der Waals surface area (Å²) in [5.41, 5.74) is 9.37. The number of aromatic nitrogens is 2. The summed E-state index contributed by atoms with van der Waals surface area (Å²) in [6.07, 6.45) is -2.05. The van der Waals surface area contributed by atoms with Crippen molar-refractivity contribution < 1.29 is 23.5 Å². The Bertz CT molecular complexity index is 1330. The van der Waals surface area contributed by atoms with Gasteiger partial charge < -0.3 is 26.4 Å². The number of halogens is 2. The third-order valence-electron chi connectivity index (χ3n) is 6.85. The summed E-state index contributed by atoms with van der Waals surface area (Å²) >= 11 is 1.28. The number of anilines is 2. The standard InChI is InChI=1S/C24H26F2N6O3S/c1-11-2-5-14-19(27)20(36-23(14)28-11)22(33)29-13-4-6-16-12(8-13)3-7-18(30-16)32-9-15(21(25)26)17(10-32)31-24(34)35/h2-3,5,7,13,15,17,21,31H,4,6,8-10,27H2,1H3,(H,29,33)(H,34,35)/t13-,15?,17?/m0/s1. The average molecular weight is 517 g/mol. The molecule has 3 aromatic rings. The average Bonchev–Trinajstić information content (AvgIpc) is 3.39. The molecule has 5 rings (SSSR count). The Balaban J connectivity index is 1.27. The summed E-state index contributed by atoms with van der Waals surface area (Å²) in [6.45, 7) is 2.05. The van der Waals surface area contributed by atoms with Crippen molar-refractivity contribution in [2.45, 2.75) is 44.7 Å². The minimum absolute atomic E-state index is 0.0258. The lowest BCUT2D eigenvalue weighted by molar-refractivity contribution is 0.0736. The van der Waals surface area contributed by atoms with Crippen molar-refractivity contribution in [3.63, 3.8) is 0 Å². The van der Waals surface area contributed by atoms with Crippen LogP contribution in [0.5, 0.6) is 0 Å². The van der Waals surface area contributed by atoms with Crippen molar-refractivity contribution in [3.05, 3.63) is 46.1 Å². The molecule has 2 unspecified atom stereocenters. The Labute approximate surface area is 209 Å². The van der Waals surface area contributed by atoms with Gasteiger partial charge in [0.25, 0.3) is 5.91 Å². The number of pyridine rings is 2. The Kier molecular flexibility index (Phi) is 6.37. The topological polar surface area (TPSA) is 133 Å². The number of hydrogen-bond donors (Lipinski definition) is 4. The maximum absolute atomic E-state index is 13.5. The molecule has 1 aliphatic carbocycles. The lowest BCUT2D eigenvalue weighted by Crippen LogP contribution is -2.41. The zero-order chi connectivity index (χ0) is 25.6. The van der Waals surface area contributed by atoms with Crippen LogP contribution < -0.4 is 21.3 Å². The van der Waals surface area contributed by atoms with E-state index in [0.29, 0.717) is 35.6 Å². The van der Waals surface area contributed by atoms with E-state index in [9.17, 15) is 18.4 Å². The highest BCUT2D eigenvalue weighted by atomic mass is 32.1. The molecule has 1 aliphatic heterocycles. The lowest BCUT2D eigenvalue weighted by Gasteiger charge is -2.26. The van der Waals surface area contributed by atoms with Crippen LogP contribution in [0.2, 0.25) is 0 Å². The van der Waals surface area contributed by atoms with E-state index in [-0.39, 0.29) is 25.0 Å². The predicted octanol–water partition coefficient (Wildman–Crippen LogP) is 3.21. The second kappa shape index (κ2) is 9.49. The second-order valence-corrected chi connectivity index (χ2v) is 10.3. The van der Waals surface area contributed by atoms with E-state index in [1.54, 1.807) is 11.0 Å². The van der Waals surface area contributed by atoms with E-state index in [1.165, 1.54) is 11.3 Å². The van der Waals surface area contributed by atoms with E-state index in [1.807, 2.05) is 25.1 Å². The van der Waals surface area contributed by atoms with E-state index >= 15 is 0 Å². The Hall–Kier alpha value is -3.54. The van der Waals surface area contributed by atoms with Crippen LogP contribution in [-0.4, -0.2) is 58.7 Å². The number of alkyl halides is 2. The molecule has 1 saturated heterocycles. The van der Waals surface area contributed by atoms with Gasteiger partial charge in [0.1, 0.15) is 15.5 Å². The van der Waals surface area contributed by atoms with E-state index in [0.717, 1.165) is 27.2 Å². The number of fused-ring (bicyclic) bond motifs is 2. The van der Waals surface area contributed by atoms with Gasteiger partial charge in [0.2, 0.25) is 6.43 Å². The quantitative estimate of drug-likeness (QED) is 0.409. The van der Waals surface area contributed by atoms with Crippen molar-refractivity contribution in [2.75, 3.05) is 23.7 Å². The number of hydrogen-bond acceptors (Lipinski definition) is 7. The van der Waals surface area contributed by atoms with Gasteiger partial charge in [-0.15, -0.1) is 11.3 Å². The van der Waals surface area contributed by atoms with E-state index in [2.05, 4.69) is 15.6 Å². The first-order valence-electron chi connectivity index (χ1n) is 11.7. The zero-order valence-corrected chi connectivity index (χ0v) is 20.3. The second-order valence-electron chi connectivity index (χ2n) is 9.30. The molecule has 0 aromatic carbocycles. The summed E-state index contributed by atoms with van der Waals surface area (Å²) in [4.78, 5) is 36.0. The van der Waals surface area contributed by atoms with Crippen LogP contribution in [0, 0.1) is 12.8 Å². The molecular formula is C24H26F2N6O3S. The first-order chi connectivity index (χ1) is 17.2. The van der Waals surface area contributed by atoms with Gasteiger partial charge in [-0.2, -0.15) is 0 Å². The fraction of sp³-hybridized carbons (Fsp3) is 0.417. The van der Waals surface area contributed by atoms with Crippen LogP contribution in [-0.2, 0) is 12.8 Å². The number of thiophene rings is 1. The number of carbonyl (C=O) groups is 2. The number of nitrogen functional groups attached to an aromatic ring is 1. The number of carboxylic acid groups (broad SMARTS) is 1. The molecule has 12 heteroatoms. The largest absolute Gasteiger partial charge is 0.465 e. The van der Waals surface area contributed by atoms with Crippen LogP contribution in [0.4, 0.5) is 25.1 Å². The molecule has 0 saturated carbocycles. The predicted molar refractivity (Wildman–Crippen MR) is 133 cm³/mol. The Morgan fingerprint density at radius 1 is 1.19 bits per heavy atom. The SMILES string of the molecule is Cc1ccc2c(N)c(C(=O)N[C@H]3CCc4nc(N5CC(NC(=O)O)C(C(F)F)C5)ccc4C3)sc2n1. The number of nitrogens with one attached hydrogen (secondary N) is 2. The molecule has 3 aromatic heterocycles. The Morgan fingerprint density at radius 3 is 2.75 bits per heavy atom. The van der Waals surface area contributed by atoms with Crippen LogP contribution in [0.15, 0.2) is 24.3 Å². The van der Waals surface area contributed by atoms with Gasteiger partial charge in [0.05, 0.1) is 17.6 Å². The van der Waals surface area contributed by atoms with Gasteiger partial charge in [0, 0.05) is 35.9 Å². The van der Waals surface area contributed by atoms with Gasteiger partial charge >= 0.3 is 6.09 Å². The fourth-order valence-corrected chi connectivity index (χ4v) is 6.03. The number of nitrogens with zero attached hydrogens (tertiary/aromatic N) is 3. The fourth-order valence-electron chi connectivity index (χ4n) is 4.99. The molecule has 2 amide bonds. The molecule has 2 aliphatic rings. The van der Waals surface area contributed by atoms with E-state index < -0.39 is 24.5 Å². The lowest BCUT2D eigenvalue weighted by atomic mass is 9.91. The Morgan fingerprint density at radius 2 is 2.00 bits per heavy atom. The summed E-state index contributed by atoms with van der Waals surface area (Å²) in [5.74, 6) is -0.769. The molecule has 4 heterocycles. The first kappa shape index (κ1) is 24.2. The number of rotatable bonds is 5. The molecule has 3 atom stereocenters. The van der Waals surface area contributed by atoms with Crippen molar-refractivity contribution in [1.82, 2.24) is 20.6 Å². The molecule has 0 spiro atoms. The maximum Gasteiger partial charge on any atom is 0.404 e. The van der Waals surface area contributed by atoms with Crippen molar-refractivity contribution in [2.24, 2.45) is 5.92 Å². The molecule has 0 radical (unpaired) electrons. The van der Waals surface area contributed by atoms with E-state index in [4.69, 9.17) is 15.8 Å². The number of nitrogens with two attached hydrogens (primary N) is 1. The summed E-state index contributed by atoms with van der Waals surface area (Å²) in [5, 5.41) is 15.0. The van der Waals surface area contributed by atoms with Gasteiger partial charge in [-0.25, -0.2) is 23.5 Å². The van der Waals surface area contributed by atoms with Gasteiger partial charge in [-0.1, -0.05) is 6.07 Å². The number of carbonyl (C=O) groups excluding carboxylic acids is 1. The van der Waals surface area contributed by atoms with Crippen LogP contribution >= 0.6 is 11.3 Å². The molecule has 190 valence electrons. The molecule has 1 fully saturated rings. The third-order valence-corrected chi connectivity index (χ3v) is 7.96. The van der Waals surface area contributed by atoms with Crippen LogP contribution in [0.3, 0.4) is 0 Å². The molecule has 9 nitrogen and oxygen atoms in total. The highest BCUT2D eigenvalue weighted by Gasteiger charge is 2.40.